The van der Waals surface area contributed by atoms with E-state index in [0.717, 1.165) is 17.9 Å². The van der Waals surface area contributed by atoms with Gasteiger partial charge in [0.15, 0.2) is 5.82 Å². The molecule has 0 spiro atoms. The van der Waals surface area contributed by atoms with Gasteiger partial charge in [0.05, 0.1) is 24.1 Å². The van der Waals surface area contributed by atoms with Gasteiger partial charge in [-0.15, -0.1) is 0 Å². The molecule has 0 radical (unpaired) electrons. The lowest BCUT2D eigenvalue weighted by molar-refractivity contribution is 0.363. The fourth-order valence-corrected chi connectivity index (χ4v) is 2.31. The summed E-state index contributed by atoms with van der Waals surface area (Å²) in [4.78, 5) is 8.81. The molecule has 0 fully saturated rings. The summed E-state index contributed by atoms with van der Waals surface area (Å²) < 4.78 is 7.28. The van der Waals surface area contributed by atoms with Gasteiger partial charge >= 0.3 is 0 Å². The fraction of sp³-hybridized carbons (Fsp3) is 0.357. The average Bonchev–Trinajstić information content (AvgIpc) is 3.02. The van der Waals surface area contributed by atoms with Crippen LogP contribution in [-0.4, -0.2) is 19.7 Å². The number of aromatic nitrogens is 4. The van der Waals surface area contributed by atoms with Crippen molar-refractivity contribution in [2.75, 3.05) is 0 Å². The summed E-state index contributed by atoms with van der Waals surface area (Å²) >= 11 is 0. The molecule has 2 aromatic heterocycles. The number of para-hydroxylation sites is 2. The highest BCUT2D eigenvalue weighted by molar-refractivity contribution is 5.75. The Morgan fingerprint density at radius 1 is 1.20 bits per heavy atom. The molecular weight excluding hydrogens is 254 g/mol. The predicted octanol–water partition coefficient (Wildman–Crippen LogP) is 2.04. The van der Waals surface area contributed by atoms with E-state index in [1.807, 2.05) is 25.1 Å². The molecular formula is C14H17N5O. The third kappa shape index (κ3) is 2.42. The smallest absolute Gasteiger partial charge is 0.240 e. The maximum atomic E-state index is 5.07. The first-order chi connectivity index (χ1) is 9.78. The van der Waals surface area contributed by atoms with Gasteiger partial charge in [-0.2, -0.15) is 4.98 Å². The van der Waals surface area contributed by atoms with Crippen molar-refractivity contribution in [3.05, 3.63) is 41.8 Å². The molecule has 6 heteroatoms. The molecule has 3 aromatic rings. The lowest BCUT2D eigenvalue weighted by atomic mass is 10.3. The van der Waals surface area contributed by atoms with Crippen LogP contribution in [0.3, 0.4) is 0 Å². The van der Waals surface area contributed by atoms with E-state index < -0.39 is 0 Å². The summed E-state index contributed by atoms with van der Waals surface area (Å²) in [5.41, 5.74) is 2.19. The molecule has 1 aromatic carbocycles. The minimum absolute atomic E-state index is 0.549. The number of hydrogen-bond acceptors (Lipinski definition) is 5. The Morgan fingerprint density at radius 2 is 2.05 bits per heavy atom. The normalized spacial score (nSPS) is 11.3. The zero-order valence-electron chi connectivity index (χ0n) is 11.6. The number of hydrogen-bond donors (Lipinski definition) is 1. The van der Waals surface area contributed by atoms with E-state index in [9.17, 15) is 0 Å². The average molecular weight is 271 g/mol. The van der Waals surface area contributed by atoms with E-state index in [0.29, 0.717) is 24.8 Å². The maximum absolute atomic E-state index is 5.07. The molecule has 0 atom stereocenters. The second-order valence-corrected chi connectivity index (χ2v) is 4.60. The van der Waals surface area contributed by atoms with Gasteiger partial charge in [-0.05, 0) is 26.0 Å². The Bertz CT molecular complexity index is 715. The first-order valence-corrected chi connectivity index (χ1v) is 6.72. The van der Waals surface area contributed by atoms with Gasteiger partial charge in [-0.25, -0.2) is 4.98 Å². The molecule has 20 heavy (non-hydrogen) atoms. The van der Waals surface area contributed by atoms with Gasteiger partial charge in [0.2, 0.25) is 5.89 Å². The van der Waals surface area contributed by atoms with Gasteiger partial charge < -0.3 is 14.4 Å². The van der Waals surface area contributed by atoms with Crippen molar-refractivity contribution in [2.45, 2.75) is 33.5 Å². The second-order valence-electron chi connectivity index (χ2n) is 4.60. The van der Waals surface area contributed by atoms with Crippen molar-refractivity contribution >= 4 is 11.0 Å². The molecule has 0 saturated heterocycles. The van der Waals surface area contributed by atoms with E-state index in [2.05, 4.69) is 38.0 Å². The third-order valence-corrected chi connectivity index (χ3v) is 3.18. The second kappa shape index (κ2) is 5.42. The summed E-state index contributed by atoms with van der Waals surface area (Å²) in [7, 11) is 0. The molecule has 0 aliphatic rings. The Morgan fingerprint density at radius 3 is 2.80 bits per heavy atom. The van der Waals surface area contributed by atoms with Gasteiger partial charge in [0.1, 0.15) is 5.82 Å². The van der Waals surface area contributed by atoms with E-state index in [1.54, 1.807) is 0 Å². The summed E-state index contributed by atoms with van der Waals surface area (Å²) in [5.74, 6) is 2.27. The number of nitrogens with one attached hydrogen (secondary N) is 1. The fourth-order valence-electron chi connectivity index (χ4n) is 2.31. The highest BCUT2D eigenvalue weighted by atomic mass is 16.5. The molecule has 3 rings (SSSR count). The van der Waals surface area contributed by atoms with Crippen molar-refractivity contribution < 1.29 is 4.52 Å². The monoisotopic (exact) mass is 271 g/mol. The van der Waals surface area contributed by atoms with Crippen LogP contribution < -0.4 is 5.32 Å². The number of fused-ring (bicyclic) bond motifs is 1. The summed E-state index contributed by atoms with van der Waals surface area (Å²) in [5, 5.41) is 7.05. The Kier molecular flexibility index (Phi) is 3.47. The largest absolute Gasteiger partial charge is 0.338 e. The maximum Gasteiger partial charge on any atom is 0.240 e. The summed E-state index contributed by atoms with van der Waals surface area (Å²) in [6.45, 7) is 6.05. The molecule has 0 saturated carbocycles. The van der Waals surface area contributed by atoms with Crippen LogP contribution in [0.5, 0.6) is 0 Å². The van der Waals surface area contributed by atoms with Crippen LogP contribution in [-0.2, 0) is 19.6 Å². The quantitative estimate of drug-likeness (QED) is 0.769. The lowest BCUT2D eigenvalue weighted by Crippen LogP contribution is -2.16. The van der Waals surface area contributed by atoms with Crippen LogP contribution in [0.2, 0.25) is 0 Å². The number of benzene rings is 1. The molecule has 0 aliphatic heterocycles. The lowest BCUT2D eigenvalue weighted by Gasteiger charge is -2.06. The number of rotatable bonds is 5. The van der Waals surface area contributed by atoms with Crippen LogP contribution in [0, 0.1) is 6.92 Å². The van der Waals surface area contributed by atoms with Crippen molar-refractivity contribution in [3.8, 4) is 0 Å². The Hall–Kier alpha value is -2.21. The molecule has 0 aliphatic carbocycles. The molecule has 6 nitrogen and oxygen atoms in total. The summed E-state index contributed by atoms with van der Waals surface area (Å²) in [6, 6.07) is 8.17. The summed E-state index contributed by atoms with van der Waals surface area (Å²) in [6.07, 6.45) is 0. The molecule has 0 bridgehead atoms. The molecule has 0 amide bonds. The molecule has 2 heterocycles. The highest BCUT2D eigenvalue weighted by Gasteiger charge is 2.09. The van der Waals surface area contributed by atoms with Gasteiger partial charge in [0.25, 0.3) is 0 Å². The standard InChI is InChI=1S/C14H17N5O/c1-3-19-12-7-5-4-6-11(12)17-13(19)8-15-9-14-16-10(2)18-20-14/h4-7,15H,3,8-9H2,1-2H3. The SMILES string of the molecule is CCn1c(CNCc2nc(C)no2)nc2ccccc21. The minimum Gasteiger partial charge on any atom is -0.338 e. The van der Waals surface area contributed by atoms with E-state index >= 15 is 0 Å². The van der Waals surface area contributed by atoms with Gasteiger partial charge in [-0.1, -0.05) is 17.3 Å². The third-order valence-electron chi connectivity index (χ3n) is 3.18. The number of imidazole rings is 1. The van der Waals surface area contributed by atoms with Gasteiger partial charge in [0, 0.05) is 6.54 Å². The molecule has 1 N–H and O–H groups in total. The van der Waals surface area contributed by atoms with Crippen molar-refractivity contribution in [1.82, 2.24) is 25.0 Å². The van der Waals surface area contributed by atoms with Crippen LogP contribution >= 0.6 is 0 Å². The van der Waals surface area contributed by atoms with E-state index in [1.165, 1.54) is 5.52 Å². The predicted molar refractivity (Wildman–Crippen MR) is 75.0 cm³/mol. The topological polar surface area (TPSA) is 68.8 Å². The van der Waals surface area contributed by atoms with Gasteiger partial charge in [-0.3, -0.25) is 0 Å². The van der Waals surface area contributed by atoms with Crippen LogP contribution in [0.15, 0.2) is 28.8 Å². The van der Waals surface area contributed by atoms with Crippen LogP contribution in [0.1, 0.15) is 24.5 Å². The Balaban J connectivity index is 1.73. The van der Waals surface area contributed by atoms with Crippen LogP contribution in [0.25, 0.3) is 11.0 Å². The van der Waals surface area contributed by atoms with Crippen LogP contribution in [0.4, 0.5) is 0 Å². The first-order valence-electron chi connectivity index (χ1n) is 6.72. The van der Waals surface area contributed by atoms with E-state index in [-0.39, 0.29) is 0 Å². The molecule has 0 unspecified atom stereocenters. The first kappa shape index (κ1) is 12.8. The van der Waals surface area contributed by atoms with Crippen molar-refractivity contribution in [3.63, 3.8) is 0 Å². The molecule has 104 valence electrons. The number of nitrogens with zero attached hydrogens (tertiary/aromatic N) is 4. The van der Waals surface area contributed by atoms with Crippen molar-refractivity contribution in [1.29, 1.82) is 0 Å². The Labute approximate surface area is 116 Å². The minimum atomic E-state index is 0.549. The number of aryl methyl sites for hydroxylation is 2. The van der Waals surface area contributed by atoms with Crippen molar-refractivity contribution in [2.24, 2.45) is 0 Å². The zero-order valence-corrected chi connectivity index (χ0v) is 11.6. The van der Waals surface area contributed by atoms with E-state index in [4.69, 9.17) is 4.52 Å². The highest BCUT2D eigenvalue weighted by Crippen LogP contribution is 2.15. The zero-order chi connectivity index (χ0) is 13.9.